The number of fused-ring (bicyclic) bond motifs is 1. The molecule has 3 rings (SSSR count). The van der Waals surface area contributed by atoms with E-state index in [2.05, 4.69) is 4.72 Å². The van der Waals surface area contributed by atoms with Gasteiger partial charge in [-0.15, -0.1) is 0 Å². The van der Waals surface area contributed by atoms with Crippen LogP contribution in [-0.2, 0) is 34.3 Å². The number of carboxylic acid groups (broad SMARTS) is 1. The third-order valence-corrected chi connectivity index (χ3v) is 5.95. The molecule has 0 saturated heterocycles. The fraction of sp³-hybridized carbons (Fsp3) is 0.278. The van der Waals surface area contributed by atoms with Crippen molar-refractivity contribution in [3.05, 3.63) is 65.2 Å². The van der Waals surface area contributed by atoms with Gasteiger partial charge < -0.3 is 5.11 Å². The first kappa shape index (κ1) is 17.6. The Hall–Kier alpha value is -2.22. The van der Waals surface area contributed by atoms with Gasteiger partial charge in [0.2, 0.25) is 10.0 Å². The van der Waals surface area contributed by atoms with E-state index in [0.717, 1.165) is 16.7 Å². The second kappa shape index (κ2) is 6.95. The predicted molar refractivity (Wildman–Crippen MR) is 93.5 cm³/mol. The first-order chi connectivity index (χ1) is 11.9. The molecule has 1 aliphatic heterocycles. The van der Waals surface area contributed by atoms with Crippen molar-refractivity contribution >= 4 is 16.0 Å². The monoisotopic (exact) mass is 360 g/mol. The molecule has 132 valence electrons. The molecule has 0 saturated carbocycles. The number of rotatable bonds is 5. The number of carbonyl (C=O) groups is 1. The van der Waals surface area contributed by atoms with Gasteiger partial charge in [-0.1, -0.05) is 36.4 Å². The van der Waals surface area contributed by atoms with E-state index in [-0.39, 0.29) is 4.90 Å². The number of nitrogens with one attached hydrogen (secondary N) is 1. The number of aliphatic carboxylic acids is 1. The molecule has 7 heteroatoms. The molecule has 2 N–H and O–H groups in total. The Labute approximate surface area is 147 Å². The minimum atomic E-state index is -3.47. The van der Waals surface area contributed by atoms with E-state index in [4.69, 9.17) is 0 Å². The molecule has 0 aliphatic carbocycles. The van der Waals surface area contributed by atoms with Gasteiger partial charge in [-0.05, 0) is 42.3 Å². The molecule has 2 aromatic carbocycles. The third kappa shape index (κ3) is 3.73. The summed E-state index contributed by atoms with van der Waals surface area (Å²) in [5, 5.41) is 9.57. The highest BCUT2D eigenvalue weighted by molar-refractivity contribution is 7.89. The average Bonchev–Trinajstić information content (AvgIpc) is 2.61. The zero-order valence-electron chi connectivity index (χ0n) is 13.8. The van der Waals surface area contributed by atoms with E-state index in [1.807, 2.05) is 29.2 Å². The molecule has 6 nitrogen and oxygen atoms in total. The van der Waals surface area contributed by atoms with Crippen LogP contribution in [0.5, 0.6) is 0 Å². The second-order valence-corrected chi connectivity index (χ2v) is 7.97. The molecule has 25 heavy (non-hydrogen) atoms. The molecule has 0 aromatic heterocycles. The molecule has 0 unspecified atom stereocenters. The highest BCUT2D eigenvalue weighted by Gasteiger charge is 2.31. The van der Waals surface area contributed by atoms with Crippen molar-refractivity contribution in [1.82, 2.24) is 9.62 Å². The molecule has 0 spiro atoms. The summed E-state index contributed by atoms with van der Waals surface area (Å²) in [6, 6.07) is 13.8. The quantitative estimate of drug-likeness (QED) is 0.846. The number of sulfonamides is 1. The van der Waals surface area contributed by atoms with Crippen molar-refractivity contribution in [1.29, 1.82) is 0 Å². The van der Waals surface area contributed by atoms with Crippen molar-refractivity contribution in [2.24, 2.45) is 0 Å². The van der Waals surface area contributed by atoms with Crippen molar-refractivity contribution in [3.8, 4) is 0 Å². The van der Waals surface area contributed by atoms with Crippen LogP contribution in [-0.4, -0.2) is 37.5 Å². The summed E-state index contributed by atoms with van der Waals surface area (Å²) in [6.07, 6.45) is 0.470. The lowest BCUT2D eigenvalue weighted by Crippen LogP contribution is -2.45. The first-order valence-electron chi connectivity index (χ1n) is 7.97. The zero-order chi connectivity index (χ0) is 18.0. The highest BCUT2D eigenvalue weighted by atomic mass is 32.2. The number of hydrogen-bond donors (Lipinski definition) is 2. The molecular weight excluding hydrogens is 340 g/mol. The van der Waals surface area contributed by atoms with Gasteiger partial charge in [0.05, 0.1) is 4.90 Å². The third-order valence-electron chi connectivity index (χ3n) is 4.52. The smallest absolute Gasteiger partial charge is 0.321 e. The zero-order valence-corrected chi connectivity index (χ0v) is 14.7. The predicted octanol–water partition coefficient (Wildman–Crippen LogP) is 1.61. The largest absolute Gasteiger partial charge is 0.480 e. The van der Waals surface area contributed by atoms with E-state index < -0.39 is 22.0 Å². The van der Waals surface area contributed by atoms with Crippen LogP contribution in [0.2, 0.25) is 0 Å². The molecule has 1 aliphatic rings. The number of carboxylic acids is 1. The van der Waals surface area contributed by atoms with Crippen LogP contribution in [0.15, 0.2) is 53.4 Å². The summed E-state index contributed by atoms with van der Waals surface area (Å²) < 4.78 is 25.8. The summed E-state index contributed by atoms with van der Waals surface area (Å²) >= 11 is 0. The topological polar surface area (TPSA) is 86.7 Å². The van der Waals surface area contributed by atoms with Crippen molar-refractivity contribution in [3.63, 3.8) is 0 Å². The van der Waals surface area contributed by atoms with Crippen molar-refractivity contribution in [2.45, 2.75) is 30.4 Å². The molecular formula is C18H20N2O4S. The van der Waals surface area contributed by atoms with Crippen LogP contribution in [0.25, 0.3) is 0 Å². The number of benzene rings is 2. The van der Waals surface area contributed by atoms with Gasteiger partial charge in [-0.25, -0.2) is 13.1 Å². The number of hydrogen-bond acceptors (Lipinski definition) is 4. The Bertz CT molecular complexity index is 878. The van der Waals surface area contributed by atoms with Crippen LogP contribution >= 0.6 is 0 Å². The average molecular weight is 360 g/mol. The Morgan fingerprint density at radius 1 is 1.16 bits per heavy atom. The van der Waals surface area contributed by atoms with E-state index in [1.165, 1.54) is 19.2 Å². The summed E-state index contributed by atoms with van der Waals surface area (Å²) in [4.78, 5) is 13.8. The summed E-state index contributed by atoms with van der Waals surface area (Å²) in [7, 11) is -2.10. The van der Waals surface area contributed by atoms with Crippen LogP contribution in [0, 0.1) is 0 Å². The summed E-state index contributed by atoms with van der Waals surface area (Å²) in [5.41, 5.74) is 3.08. The lowest BCUT2D eigenvalue weighted by atomic mass is 9.93. The fourth-order valence-electron chi connectivity index (χ4n) is 3.11. The first-order valence-corrected chi connectivity index (χ1v) is 9.45. The summed E-state index contributed by atoms with van der Waals surface area (Å²) in [5.74, 6) is -0.844. The lowest BCUT2D eigenvalue weighted by Gasteiger charge is -2.34. The van der Waals surface area contributed by atoms with E-state index >= 15 is 0 Å². The van der Waals surface area contributed by atoms with Gasteiger partial charge in [0, 0.05) is 13.1 Å². The molecule has 0 fully saturated rings. The Balaban J connectivity index is 1.82. The van der Waals surface area contributed by atoms with E-state index in [9.17, 15) is 18.3 Å². The maximum atomic E-state index is 11.8. The molecule has 0 bridgehead atoms. The maximum absolute atomic E-state index is 11.8. The van der Waals surface area contributed by atoms with E-state index in [1.54, 1.807) is 12.1 Å². The molecule has 1 atom stereocenters. The molecule has 1 heterocycles. The van der Waals surface area contributed by atoms with Crippen molar-refractivity contribution in [2.75, 3.05) is 7.05 Å². The minimum absolute atomic E-state index is 0.192. The van der Waals surface area contributed by atoms with Gasteiger partial charge in [0.1, 0.15) is 6.04 Å². The number of nitrogens with zero attached hydrogens (tertiary/aromatic N) is 1. The Morgan fingerprint density at radius 3 is 2.40 bits per heavy atom. The van der Waals surface area contributed by atoms with Crippen LogP contribution in [0.1, 0.15) is 16.7 Å². The second-order valence-electron chi connectivity index (χ2n) is 6.08. The van der Waals surface area contributed by atoms with Gasteiger partial charge in [0.15, 0.2) is 0 Å². The highest BCUT2D eigenvalue weighted by Crippen LogP contribution is 2.25. The summed E-state index contributed by atoms with van der Waals surface area (Å²) in [6.45, 7) is 1.01. The van der Waals surface area contributed by atoms with Gasteiger partial charge >= 0.3 is 5.97 Å². The maximum Gasteiger partial charge on any atom is 0.321 e. The minimum Gasteiger partial charge on any atom is -0.480 e. The van der Waals surface area contributed by atoms with Gasteiger partial charge in [-0.3, -0.25) is 9.69 Å². The van der Waals surface area contributed by atoms with E-state index in [0.29, 0.717) is 19.5 Å². The fourth-order valence-corrected chi connectivity index (χ4v) is 3.84. The van der Waals surface area contributed by atoms with Crippen LogP contribution in [0.3, 0.4) is 0 Å². The Morgan fingerprint density at radius 2 is 1.80 bits per heavy atom. The van der Waals surface area contributed by atoms with Crippen LogP contribution < -0.4 is 4.72 Å². The van der Waals surface area contributed by atoms with Crippen molar-refractivity contribution < 1.29 is 18.3 Å². The SMILES string of the molecule is CNS(=O)(=O)c1ccc(CN2Cc3ccccc3C[C@@H]2C(=O)O)cc1. The molecule has 2 aromatic rings. The molecule has 0 amide bonds. The lowest BCUT2D eigenvalue weighted by molar-refractivity contribution is -0.144. The van der Waals surface area contributed by atoms with Gasteiger partial charge in [0.25, 0.3) is 0 Å². The normalized spacial score (nSPS) is 17.9. The van der Waals surface area contributed by atoms with Gasteiger partial charge in [-0.2, -0.15) is 0 Å². The Kier molecular flexibility index (Phi) is 4.89. The molecule has 0 radical (unpaired) electrons. The standard InChI is InChI=1S/C18H20N2O4S/c1-19-25(23,24)16-8-6-13(7-9-16)11-20-12-15-5-3-2-4-14(15)10-17(20)18(21)22/h2-9,17,19H,10-12H2,1H3,(H,21,22)/t17-/m1/s1. The van der Waals surface area contributed by atoms with Crippen LogP contribution in [0.4, 0.5) is 0 Å².